The highest BCUT2D eigenvalue weighted by molar-refractivity contribution is 7.98. The minimum absolute atomic E-state index is 0.707. The van der Waals surface area contributed by atoms with Gasteiger partial charge in [0.1, 0.15) is 5.76 Å². The van der Waals surface area contributed by atoms with Crippen LogP contribution in [0.15, 0.2) is 33.3 Å². The predicted molar refractivity (Wildman–Crippen MR) is 70.5 cm³/mol. The largest absolute Gasteiger partial charge is 0.361 e. The Kier molecular flexibility index (Phi) is 3.16. The highest BCUT2D eigenvalue weighted by Gasteiger charge is 2.08. The van der Waals surface area contributed by atoms with Gasteiger partial charge in [0.15, 0.2) is 5.82 Å². The van der Waals surface area contributed by atoms with Gasteiger partial charge in [-0.25, -0.2) is 4.98 Å². The molecule has 0 unspecified atom stereocenters. The lowest BCUT2D eigenvalue weighted by molar-refractivity contribution is 0.393. The van der Waals surface area contributed by atoms with Crippen molar-refractivity contribution in [3.8, 4) is 10.7 Å². The van der Waals surface area contributed by atoms with Crippen molar-refractivity contribution in [2.45, 2.75) is 17.8 Å². The fourth-order valence-electron chi connectivity index (χ4n) is 1.46. The van der Waals surface area contributed by atoms with Crippen molar-refractivity contribution < 1.29 is 4.52 Å². The Balaban J connectivity index is 1.67. The van der Waals surface area contributed by atoms with Crippen molar-refractivity contribution in [2.75, 3.05) is 0 Å². The molecule has 0 radical (unpaired) electrons. The Bertz CT molecular complexity index is 629. The molecule has 3 aromatic heterocycles. The summed E-state index contributed by atoms with van der Waals surface area (Å²) in [5.74, 6) is 2.34. The highest BCUT2D eigenvalue weighted by atomic mass is 32.2. The quantitative estimate of drug-likeness (QED) is 0.743. The molecule has 0 aliphatic rings. The number of rotatable bonds is 4. The molecule has 0 aromatic carbocycles. The van der Waals surface area contributed by atoms with Gasteiger partial charge in [-0.15, -0.1) is 16.4 Å². The average Bonchev–Trinajstić information content (AvgIpc) is 3.07. The number of thiophene rings is 1. The SMILES string of the molecule is Cc1cc(CSc2n[nH]c(-c3cccs3)n2)no1. The Morgan fingerprint density at radius 3 is 3.17 bits per heavy atom. The first-order valence-electron chi connectivity index (χ1n) is 5.32. The number of aromatic nitrogens is 4. The minimum Gasteiger partial charge on any atom is -0.361 e. The number of H-pyrrole nitrogens is 1. The number of nitrogens with one attached hydrogen (secondary N) is 1. The van der Waals surface area contributed by atoms with Crippen molar-refractivity contribution in [1.29, 1.82) is 0 Å². The van der Waals surface area contributed by atoms with Crippen LogP contribution in [-0.2, 0) is 5.75 Å². The van der Waals surface area contributed by atoms with E-state index in [1.807, 2.05) is 30.5 Å². The Labute approximate surface area is 112 Å². The zero-order valence-electron chi connectivity index (χ0n) is 9.58. The van der Waals surface area contributed by atoms with E-state index in [9.17, 15) is 0 Å². The molecule has 0 spiro atoms. The van der Waals surface area contributed by atoms with E-state index in [2.05, 4.69) is 20.3 Å². The van der Waals surface area contributed by atoms with Gasteiger partial charge >= 0.3 is 0 Å². The van der Waals surface area contributed by atoms with Gasteiger partial charge in [0.05, 0.1) is 10.6 Å². The molecule has 3 heterocycles. The van der Waals surface area contributed by atoms with E-state index in [1.54, 1.807) is 11.3 Å². The molecule has 0 amide bonds. The smallest absolute Gasteiger partial charge is 0.209 e. The average molecular weight is 278 g/mol. The maximum atomic E-state index is 5.01. The number of hydrogen-bond donors (Lipinski definition) is 1. The third-order valence-corrected chi connectivity index (χ3v) is 4.00. The molecular weight excluding hydrogens is 268 g/mol. The number of aromatic amines is 1. The van der Waals surface area contributed by atoms with Crippen LogP contribution in [-0.4, -0.2) is 20.3 Å². The second-order valence-corrected chi connectivity index (χ2v) is 5.55. The summed E-state index contributed by atoms with van der Waals surface area (Å²) in [6.07, 6.45) is 0. The van der Waals surface area contributed by atoms with E-state index in [1.165, 1.54) is 11.8 Å². The van der Waals surface area contributed by atoms with Crippen LogP contribution < -0.4 is 0 Å². The number of aryl methyl sites for hydroxylation is 1. The van der Waals surface area contributed by atoms with Crippen molar-refractivity contribution in [2.24, 2.45) is 0 Å². The Morgan fingerprint density at radius 1 is 1.50 bits per heavy atom. The Morgan fingerprint density at radius 2 is 2.44 bits per heavy atom. The minimum atomic E-state index is 0.707. The summed E-state index contributed by atoms with van der Waals surface area (Å²) in [6, 6.07) is 5.92. The Hall–Kier alpha value is -1.60. The van der Waals surface area contributed by atoms with E-state index in [0.29, 0.717) is 5.75 Å². The van der Waals surface area contributed by atoms with Crippen LogP contribution in [0.3, 0.4) is 0 Å². The van der Waals surface area contributed by atoms with Crippen LogP contribution in [0.5, 0.6) is 0 Å². The van der Waals surface area contributed by atoms with Crippen molar-refractivity contribution in [3.05, 3.63) is 35.0 Å². The third-order valence-electron chi connectivity index (χ3n) is 2.25. The fourth-order valence-corrected chi connectivity index (χ4v) is 2.80. The summed E-state index contributed by atoms with van der Waals surface area (Å²) in [6.45, 7) is 1.88. The molecule has 0 fully saturated rings. The summed E-state index contributed by atoms with van der Waals surface area (Å²) < 4.78 is 5.01. The van der Waals surface area contributed by atoms with E-state index in [4.69, 9.17) is 4.52 Å². The van der Waals surface area contributed by atoms with E-state index in [-0.39, 0.29) is 0 Å². The van der Waals surface area contributed by atoms with Gasteiger partial charge in [-0.2, -0.15) is 0 Å². The molecule has 5 nitrogen and oxygen atoms in total. The number of thioether (sulfide) groups is 1. The van der Waals surface area contributed by atoms with Crippen LogP contribution in [0.4, 0.5) is 0 Å². The molecule has 18 heavy (non-hydrogen) atoms. The predicted octanol–water partition coefficient (Wildman–Crippen LogP) is 3.12. The molecule has 92 valence electrons. The maximum Gasteiger partial charge on any atom is 0.209 e. The lowest BCUT2D eigenvalue weighted by Gasteiger charge is -1.90. The molecule has 3 aromatic rings. The standard InChI is InChI=1S/C11H10N4OS2/c1-7-5-8(15-16-7)6-18-11-12-10(13-14-11)9-3-2-4-17-9/h2-5H,6H2,1H3,(H,12,13,14). The molecular formula is C11H10N4OS2. The van der Waals surface area contributed by atoms with Gasteiger partial charge in [0.25, 0.3) is 0 Å². The first-order valence-corrected chi connectivity index (χ1v) is 7.19. The number of nitrogens with zero attached hydrogens (tertiary/aromatic N) is 3. The molecule has 1 N–H and O–H groups in total. The fraction of sp³-hybridized carbons (Fsp3) is 0.182. The normalized spacial score (nSPS) is 10.9. The van der Waals surface area contributed by atoms with E-state index >= 15 is 0 Å². The first kappa shape index (κ1) is 11.5. The van der Waals surface area contributed by atoms with E-state index in [0.717, 1.165) is 27.3 Å². The molecule has 3 rings (SSSR count). The van der Waals surface area contributed by atoms with Gasteiger partial charge in [-0.05, 0) is 18.4 Å². The van der Waals surface area contributed by atoms with Crippen molar-refractivity contribution in [1.82, 2.24) is 20.3 Å². The molecule has 0 saturated carbocycles. The van der Waals surface area contributed by atoms with Gasteiger partial charge in [-0.1, -0.05) is 23.0 Å². The van der Waals surface area contributed by atoms with Crippen molar-refractivity contribution >= 4 is 23.1 Å². The summed E-state index contributed by atoms with van der Waals surface area (Å²) in [4.78, 5) is 5.51. The van der Waals surface area contributed by atoms with Crippen molar-refractivity contribution in [3.63, 3.8) is 0 Å². The van der Waals surface area contributed by atoms with Crippen LogP contribution in [0, 0.1) is 6.92 Å². The van der Waals surface area contributed by atoms with Crippen LogP contribution in [0.2, 0.25) is 0 Å². The van der Waals surface area contributed by atoms with Gasteiger partial charge < -0.3 is 4.52 Å². The summed E-state index contributed by atoms with van der Waals surface area (Å²) in [7, 11) is 0. The molecule has 0 aliphatic heterocycles. The van der Waals surface area contributed by atoms with Gasteiger partial charge in [0.2, 0.25) is 5.16 Å². The zero-order chi connectivity index (χ0) is 12.4. The topological polar surface area (TPSA) is 67.6 Å². The second kappa shape index (κ2) is 4.95. The highest BCUT2D eigenvalue weighted by Crippen LogP contribution is 2.24. The van der Waals surface area contributed by atoms with Crippen LogP contribution in [0.1, 0.15) is 11.5 Å². The summed E-state index contributed by atoms with van der Waals surface area (Å²) in [5.41, 5.74) is 0.903. The third kappa shape index (κ3) is 2.46. The lowest BCUT2D eigenvalue weighted by atomic mass is 10.4. The second-order valence-electron chi connectivity index (χ2n) is 3.66. The monoisotopic (exact) mass is 278 g/mol. The number of hydrogen-bond acceptors (Lipinski definition) is 6. The molecule has 0 atom stereocenters. The summed E-state index contributed by atoms with van der Waals surface area (Å²) >= 11 is 3.17. The van der Waals surface area contributed by atoms with Crippen LogP contribution >= 0.6 is 23.1 Å². The molecule has 0 saturated heterocycles. The maximum absolute atomic E-state index is 5.01. The van der Waals surface area contributed by atoms with Gasteiger partial charge in [-0.3, -0.25) is 5.10 Å². The van der Waals surface area contributed by atoms with Crippen LogP contribution in [0.25, 0.3) is 10.7 Å². The molecule has 0 bridgehead atoms. The van der Waals surface area contributed by atoms with Gasteiger partial charge in [0, 0.05) is 11.8 Å². The summed E-state index contributed by atoms with van der Waals surface area (Å²) in [5, 5.41) is 13.8. The molecule has 0 aliphatic carbocycles. The zero-order valence-corrected chi connectivity index (χ0v) is 11.2. The molecule has 7 heteroatoms. The first-order chi connectivity index (χ1) is 8.81. The lowest BCUT2D eigenvalue weighted by Crippen LogP contribution is -1.81. The van der Waals surface area contributed by atoms with E-state index < -0.39 is 0 Å².